The van der Waals surface area contributed by atoms with Gasteiger partial charge in [-0.05, 0) is 24.6 Å². The predicted molar refractivity (Wildman–Crippen MR) is 108 cm³/mol. The molecule has 2 N–H and O–H groups in total. The van der Waals surface area contributed by atoms with Crippen LogP contribution >= 0.6 is 11.3 Å². The second-order valence-electron chi connectivity index (χ2n) is 6.76. The number of carbonyl (C=O) groups excluding carboxylic acids is 3. The lowest BCUT2D eigenvalue weighted by atomic mass is 10.2. The van der Waals surface area contributed by atoms with E-state index < -0.39 is 0 Å². The largest absolute Gasteiger partial charge is 0.339 e. The van der Waals surface area contributed by atoms with Gasteiger partial charge in [-0.15, -0.1) is 11.3 Å². The molecule has 3 rings (SSSR count). The first-order valence-corrected chi connectivity index (χ1v) is 10.0. The Morgan fingerprint density at radius 3 is 2.48 bits per heavy atom. The lowest BCUT2D eigenvalue weighted by Gasteiger charge is -2.33. The van der Waals surface area contributed by atoms with Crippen molar-refractivity contribution in [1.29, 1.82) is 0 Å². The number of nitrogens with one attached hydrogen (secondary N) is 2. The van der Waals surface area contributed by atoms with E-state index in [0.29, 0.717) is 48.3 Å². The minimum absolute atomic E-state index is 0.00118. The van der Waals surface area contributed by atoms with Crippen molar-refractivity contribution < 1.29 is 18.8 Å². The molecule has 0 radical (unpaired) electrons. The highest BCUT2D eigenvalue weighted by Crippen LogP contribution is 2.18. The number of benzene rings is 1. The number of hydrogen-bond acceptors (Lipinski definition) is 5. The molecule has 0 atom stereocenters. The normalized spacial score (nSPS) is 13.9. The number of nitrogens with zero attached hydrogens (tertiary/aromatic N) is 3. The Balaban J connectivity index is 1.50. The highest BCUT2D eigenvalue weighted by Gasteiger charge is 2.23. The number of thiazole rings is 1. The van der Waals surface area contributed by atoms with Gasteiger partial charge in [0.15, 0.2) is 5.13 Å². The van der Waals surface area contributed by atoms with Crippen LogP contribution in [0, 0.1) is 12.7 Å². The quantitative estimate of drug-likeness (QED) is 0.796. The third-order valence-electron chi connectivity index (χ3n) is 4.58. The summed E-state index contributed by atoms with van der Waals surface area (Å²) in [7, 11) is 0. The molecule has 1 aromatic heterocycles. The lowest BCUT2D eigenvalue weighted by Crippen LogP contribution is -2.51. The smallest absolute Gasteiger partial charge is 0.323 e. The van der Waals surface area contributed by atoms with E-state index >= 15 is 0 Å². The number of piperazine rings is 1. The van der Waals surface area contributed by atoms with Crippen molar-refractivity contribution in [1.82, 2.24) is 14.8 Å². The molecule has 1 aromatic carbocycles. The average Bonchev–Trinajstić information content (AvgIpc) is 3.11. The third-order valence-corrected chi connectivity index (χ3v) is 5.38. The molecule has 0 bridgehead atoms. The molecule has 1 aliphatic heterocycles. The molecule has 8 nitrogen and oxygen atoms in total. The van der Waals surface area contributed by atoms with Crippen molar-refractivity contribution in [3.63, 3.8) is 0 Å². The number of amides is 4. The standard InChI is InChI=1S/C19H22FN5O3S/c1-12-3-4-14(9-16(12)20)21-17(27)10-15-11-29-18(22-15)23-19(28)25-7-5-24(6-8-25)13(2)26/h3-4,9,11H,5-8,10H2,1-2H3,(H,21,27)(H,22,23,28). The number of aromatic nitrogens is 1. The predicted octanol–water partition coefficient (Wildman–Crippen LogP) is 2.47. The molecule has 1 aliphatic rings. The van der Waals surface area contributed by atoms with Gasteiger partial charge in [-0.3, -0.25) is 14.9 Å². The topological polar surface area (TPSA) is 94.6 Å². The second kappa shape index (κ2) is 8.99. The van der Waals surface area contributed by atoms with E-state index in [4.69, 9.17) is 0 Å². The summed E-state index contributed by atoms with van der Waals surface area (Å²) in [5.41, 5.74) is 1.40. The van der Waals surface area contributed by atoms with Crippen LogP contribution in [-0.4, -0.2) is 58.8 Å². The van der Waals surface area contributed by atoms with Gasteiger partial charge in [0.2, 0.25) is 11.8 Å². The number of anilines is 2. The minimum Gasteiger partial charge on any atom is -0.339 e. The van der Waals surface area contributed by atoms with E-state index in [1.54, 1.807) is 34.2 Å². The molecule has 0 saturated carbocycles. The molecule has 154 valence electrons. The van der Waals surface area contributed by atoms with Crippen molar-refractivity contribution in [3.8, 4) is 0 Å². The van der Waals surface area contributed by atoms with Crippen LogP contribution in [-0.2, 0) is 16.0 Å². The van der Waals surface area contributed by atoms with Gasteiger partial charge in [0.05, 0.1) is 12.1 Å². The first-order valence-electron chi connectivity index (χ1n) is 9.13. The maximum Gasteiger partial charge on any atom is 0.323 e. The van der Waals surface area contributed by atoms with Crippen molar-refractivity contribution in [2.45, 2.75) is 20.3 Å². The molecule has 10 heteroatoms. The monoisotopic (exact) mass is 419 g/mol. The zero-order valence-electron chi connectivity index (χ0n) is 16.2. The van der Waals surface area contributed by atoms with Crippen LogP contribution in [0.15, 0.2) is 23.6 Å². The van der Waals surface area contributed by atoms with Gasteiger partial charge < -0.3 is 15.1 Å². The van der Waals surface area contributed by atoms with Gasteiger partial charge in [-0.25, -0.2) is 14.2 Å². The summed E-state index contributed by atoms with van der Waals surface area (Å²) in [5.74, 6) is -0.705. The molecule has 29 heavy (non-hydrogen) atoms. The van der Waals surface area contributed by atoms with Gasteiger partial charge >= 0.3 is 6.03 Å². The summed E-state index contributed by atoms with van der Waals surface area (Å²) in [4.78, 5) is 43.4. The molecule has 1 saturated heterocycles. The number of carbonyl (C=O) groups is 3. The van der Waals surface area contributed by atoms with Crippen LogP contribution in [0.4, 0.5) is 20.0 Å². The highest BCUT2D eigenvalue weighted by molar-refractivity contribution is 7.13. The van der Waals surface area contributed by atoms with Crippen LogP contribution in [0.1, 0.15) is 18.2 Å². The SMILES string of the molecule is CC(=O)N1CCN(C(=O)Nc2nc(CC(=O)Nc3ccc(C)c(F)c3)cs2)CC1. The zero-order valence-corrected chi connectivity index (χ0v) is 17.0. The molecule has 2 heterocycles. The van der Waals surface area contributed by atoms with Crippen LogP contribution in [0.2, 0.25) is 0 Å². The van der Waals surface area contributed by atoms with E-state index in [-0.39, 0.29) is 30.1 Å². The Labute approximate surface area is 171 Å². The summed E-state index contributed by atoms with van der Waals surface area (Å²) >= 11 is 1.23. The molecule has 0 spiro atoms. The fourth-order valence-corrected chi connectivity index (χ4v) is 3.58. The van der Waals surface area contributed by atoms with Crippen LogP contribution in [0.3, 0.4) is 0 Å². The van der Waals surface area contributed by atoms with Crippen molar-refractivity contribution in [2.75, 3.05) is 36.8 Å². The summed E-state index contributed by atoms with van der Waals surface area (Å²) < 4.78 is 13.6. The Morgan fingerprint density at radius 1 is 1.14 bits per heavy atom. The number of rotatable bonds is 4. The average molecular weight is 419 g/mol. The van der Waals surface area contributed by atoms with E-state index in [0.717, 1.165) is 0 Å². The Kier molecular flexibility index (Phi) is 6.42. The summed E-state index contributed by atoms with van der Waals surface area (Å²) in [6.07, 6.45) is 0.0130. The highest BCUT2D eigenvalue weighted by atomic mass is 32.1. The van der Waals surface area contributed by atoms with Crippen molar-refractivity contribution in [2.24, 2.45) is 0 Å². The first kappa shape index (κ1) is 20.7. The van der Waals surface area contributed by atoms with Crippen molar-refractivity contribution >= 4 is 40.0 Å². The lowest BCUT2D eigenvalue weighted by molar-refractivity contribution is -0.130. The molecular weight excluding hydrogens is 397 g/mol. The van der Waals surface area contributed by atoms with Crippen LogP contribution in [0.5, 0.6) is 0 Å². The molecule has 2 aromatic rings. The Morgan fingerprint density at radius 2 is 1.83 bits per heavy atom. The Bertz CT molecular complexity index is 924. The third kappa shape index (κ3) is 5.50. The number of halogens is 1. The number of hydrogen-bond donors (Lipinski definition) is 2. The second-order valence-corrected chi connectivity index (χ2v) is 7.61. The Hall–Kier alpha value is -3.01. The summed E-state index contributed by atoms with van der Waals surface area (Å²) in [5, 5.41) is 7.44. The summed E-state index contributed by atoms with van der Waals surface area (Å²) in [6.45, 7) is 5.09. The first-order chi connectivity index (χ1) is 13.8. The molecule has 1 fully saturated rings. The fraction of sp³-hybridized carbons (Fsp3) is 0.368. The fourth-order valence-electron chi connectivity index (χ4n) is 2.88. The van der Waals surface area contributed by atoms with Crippen molar-refractivity contribution in [3.05, 3.63) is 40.7 Å². The van der Waals surface area contributed by atoms with E-state index in [1.807, 2.05) is 0 Å². The van der Waals surface area contributed by atoms with Gasteiger partial charge in [0, 0.05) is 44.2 Å². The maximum absolute atomic E-state index is 13.6. The molecule has 0 unspecified atom stereocenters. The minimum atomic E-state index is -0.384. The van der Waals surface area contributed by atoms with Crippen LogP contribution < -0.4 is 10.6 Å². The van der Waals surface area contributed by atoms with Gasteiger partial charge in [-0.2, -0.15) is 0 Å². The number of aryl methyl sites for hydroxylation is 1. The van der Waals surface area contributed by atoms with E-state index in [9.17, 15) is 18.8 Å². The maximum atomic E-state index is 13.6. The van der Waals surface area contributed by atoms with Gasteiger partial charge in [-0.1, -0.05) is 6.07 Å². The zero-order chi connectivity index (χ0) is 21.0. The molecule has 0 aliphatic carbocycles. The van der Waals surface area contributed by atoms with Crippen LogP contribution in [0.25, 0.3) is 0 Å². The molecule has 4 amide bonds. The van der Waals surface area contributed by atoms with E-state index in [1.165, 1.54) is 24.3 Å². The van der Waals surface area contributed by atoms with E-state index in [2.05, 4.69) is 15.6 Å². The molecular formula is C19H22FN5O3S. The van der Waals surface area contributed by atoms with Gasteiger partial charge in [0.1, 0.15) is 5.82 Å². The summed E-state index contributed by atoms with van der Waals surface area (Å²) in [6, 6.07) is 4.21. The van der Waals surface area contributed by atoms with Gasteiger partial charge in [0.25, 0.3) is 0 Å². The number of urea groups is 1.